The second kappa shape index (κ2) is 7.57. The SMILES string of the molecule is CCc1cc[n+](-c2nc3ccccc3nc2NS(=O)(=O)c2ccc(Br)s2)cc1. The molecule has 142 valence electrons. The molecule has 0 aliphatic rings. The van der Waals surface area contributed by atoms with Gasteiger partial charge in [-0.25, -0.2) is 18.0 Å². The van der Waals surface area contributed by atoms with E-state index in [0.29, 0.717) is 16.9 Å². The zero-order chi connectivity index (χ0) is 19.7. The normalized spacial score (nSPS) is 11.6. The van der Waals surface area contributed by atoms with E-state index in [1.165, 1.54) is 5.56 Å². The maximum absolute atomic E-state index is 12.8. The summed E-state index contributed by atoms with van der Waals surface area (Å²) in [6, 6.07) is 14.6. The number of para-hydroxylation sites is 2. The first kappa shape index (κ1) is 19.0. The van der Waals surface area contributed by atoms with E-state index in [4.69, 9.17) is 0 Å². The van der Waals surface area contributed by atoms with Crippen molar-refractivity contribution < 1.29 is 13.0 Å². The van der Waals surface area contributed by atoms with Crippen molar-refractivity contribution in [2.75, 3.05) is 4.72 Å². The summed E-state index contributed by atoms with van der Waals surface area (Å²) in [6.45, 7) is 2.08. The maximum Gasteiger partial charge on any atom is 0.372 e. The van der Waals surface area contributed by atoms with Gasteiger partial charge in [0.25, 0.3) is 10.0 Å². The molecule has 6 nitrogen and oxygen atoms in total. The fourth-order valence-corrected chi connectivity index (χ4v) is 5.71. The summed E-state index contributed by atoms with van der Waals surface area (Å²) < 4.78 is 31.0. The van der Waals surface area contributed by atoms with Crippen molar-refractivity contribution in [3.63, 3.8) is 0 Å². The Labute approximate surface area is 175 Å². The molecule has 0 fully saturated rings. The quantitative estimate of drug-likeness (QED) is 0.441. The van der Waals surface area contributed by atoms with Crippen LogP contribution in [-0.4, -0.2) is 18.4 Å². The number of halogens is 1. The minimum atomic E-state index is -3.78. The lowest BCUT2D eigenvalue weighted by molar-refractivity contribution is -0.598. The average Bonchev–Trinajstić information content (AvgIpc) is 3.15. The molecule has 1 N–H and O–H groups in total. The summed E-state index contributed by atoms with van der Waals surface area (Å²) in [5.74, 6) is 0.595. The van der Waals surface area contributed by atoms with Crippen LogP contribution in [0.4, 0.5) is 5.82 Å². The molecule has 0 unspecified atom stereocenters. The number of pyridine rings is 1. The van der Waals surface area contributed by atoms with Crippen LogP contribution < -0.4 is 9.29 Å². The van der Waals surface area contributed by atoms with E-state index >= 15 is 0 Å². The summed E-state index contributed by atoms with van der Waals surface area (Å²) >= 11 is 4.44. The first-order valence-corrected chi connectivity index (χ1v) is 11.6. The zero-order valence-electron chi connectivity index (χ0n) is 14.8. The molecule has 4 rings (SSSR count). The molecule has 0 amide bonds. The van der Waals surface area contributed by atoms with Gasteiger partial charge < -0.3 is 0 Å². The van der Waals surface area contributed by atoms with Crippen molar-refractivity contribution in [1.82, 2.24) is 9.97 Å². The molecule has 28 heavy (non-hydrogen) atoms. The Balaban J connectivity index is 1.85. The molecular formula is C19H16BrN4O2S2+. The predicted molar refractivity (Wildman–Crippen MR) is 113 cm³/mol. The van der Waals surface area contributed by atoms with Crippen LogP contribution in [0.15, 0.2) is 68.9 Å². The standard InChI is InChI=1S/C19H16BrN4O2S2/c1-2-13-9-11-24(12-10-13)19-18(21-14-5-3-4-6-15(14)22-19)23-28(25,26)17-8-7-16(20)27-17/h3-12H,2H2,1H3,(H,21,23)/q+1. The molecule has 3 aromatic heterocycles. The number of nitrogens with zero attached hydrogens (tertiary/aromatic N) is 3. The molecule has 0 aliphatic heterocycles. The molecule has 9 heteroatoms. The Morgan fingerprint density at radius 2 is 1.71 bits per heavy atom. The number of rotatable bonds is 5. The van der Waals surface area contributed by atoms with Crippen LogP contribution in [0.25, 0.3) is 16.9 Å². The molecule has 0 aliphatic carbocycles. The zero-order valence-corrected chi connectivity index (χ0v) is 18.1. The van der Waals surface area contributed by atoms with Gasteiger partial charge >= 0.3 is 5.82 Å². The number of anilines is 1. The van der Waals surface area contributed by atoms with E-state index in [-0.39, 0.29) is 10.0 Å². The Kier molecular flexibility index (Phi) is 5.13. The first-order valence-electron chi connectivity index (χ1n) is 8.52. The molecule has 3 heterocycles. The smallest absolute Gasteiger partial charge is 0.256 e. The summed E-state index contributed by atoms with van der Waals surface area (Å²) in [6.07, 6.45) is 4.63. The second-order valence-corrected chi connectivity index (χ2v) is 10.4. The largest absolute Gasteiger partial charge is 0.372 e. The van der Waals surface area contributed by atoms with E-state index in [1.807, 2.05) is 42.7 Å². The van der Waals surface area contributed by atoms with E-state index in [2.05, 4.69) is 37.5 Å². The van der Waals surface area contributed by atoms with Crippen LogP contribution in [0.1, 0.15) is 12.5 Å². The molecule has 4 aromatic rings. The highest BCUT2D eigenvalue weighted by atomic mass is 79.9. The highest BCUT2D eigenvalue weighted by Crippen LogP contribution is 2.28. The van der Waals surface area contributed by atoms with Crippen molar-refractivity contribution in [1.29, 1.82) is 0 Å². The Morgan fingerprint density at radius 1 is 1.04 bits per heavy atom. The minimum absolute atomic E-state index is 0.178. The number of sulfonamides is 1. The number of aryl methyl sites for hydroxylation is 1. The van der Waals surface area contributed by atoms with E-state index in [1.54, 1.807) is 22.8 Å². The van der Waals surface area contributed by atoms with Gasteiger partial charge in [-0.1, -0.05) is 19.1 Å². The van der Waals surface area contributed by atoms with E-state index in [9.17, 15) is 8.42 Å². The predicted octanol–water partition coefficient (Wildman–Crippen LogP) is 4.09. The number of hydrogen-bond acceptors (Lipinski definition) is 5. The van der Waals surface area contributed by atoms with E-state index in [0.717, 1.165) is 21.5 Å². The number of hydrogen-bond donors (Lipinski definition) is 1. The lowest BCUT2D eigenvalue weighted by Gasteiger charge is -2.08. The van der Waals surface area contributed by atoms with Gasteiger partial charge in [-0.15, -0.1) is 11.3 Å². The lowest BCUT2D eigenvalue weighted by Crippen LogP contribution is -2.33. The van der Waals surface area contributed by atoms with Crippen molar-refractivity contribution in [2.24, 2.45) is 0 Å². The third kappa shape index (κ3) is 3.78. The average molecular weight is 476 g/mol. The van der Waals surface area contributed by atoms with Crippen LogP contribution >= 0.6 is 27.3 Å². The molecule has 1 aromatic carbocycles. The van der Waals surface area contributed by atoms with Crippen LogP contribution in [0.3, 0.4) is 0 Å². The van der Waals surface area contributed by atoms with Gasteiger partial charge in [-0.2, -0.15) is 0 Å². The second-order valence-electron chi connectivity index (χ2n) is 6.02. The van der Waals surface area contributed by atoms with Gasteiger partial charge in [0.15, 0.2) is 0 Å². The molecule has 0 bridgehead atoms. The van der Waals surface area contributed by atoms with Crippen LogP contribution in [0.2, 0.25) is 0 Å². The van der Waals surface area contributed by atoms with Crippen molar-refractivity contribution in [3.05, 3.63) is 70.3 Å². The number of benzene rings is 1. The number of nitrogens with one attached hydrogen (secondary N) is 1. The van der Waals surface area contributed by atoms with Gasteiger partial charge in [-0.3, -0.25) is 4.72 Å². The monoisotopic (exact) mass is 475 g/mol. The Morgan fingerprint density at radius 3 is 2.32 bits per heavy atom. The summed E-state index contributed by atoms with van der Waals surface area (Å²) in [5, 5.41) is 0. The number of thiophene rings is 1. The molecule has 0 spiro atoms. The fraction of sp³-hybridized carbons (Fsp3) is 0.105. The molecule has 0 atom stereocenters. The van der Waals surface area contributed by atoms with Gasteiger partial charge in [0, 0.05) is 0 Å². The molecular weight excluding hydrogens is 460 g/mol. The van der Waals surface area contributed by atoms with E-state index < -0.39 is 10.0 Å². The molecule has 0 saturated heterocycles. The van der Waals surface area contributed by atoms with Gasteiger partial charge in [0.2, 0.25) is 11.3 Å². The third-order valence-electron chi connectivity index (χ3n) is 4.15. The number of fused-ring (bicyclic) bond motifs is 1. The maximum atomic E-state index is 12.8. The summed E-state index contributed by atoms with van der Waals surface area (Å²) in [7, 11) is -3.78. The van der Waals surface area contributed by atoms with Crippen LogP contribution in [0.5, 0.6) is 0 Å². The lowest BCUT2D eigenvalue weighted by atomic mass is 10.2. The van der Waals surface area contributed by atoms with Gasteiger partial charge in [0.1, 0.15) is 9.73 Å². The highest BCUT2D eigenvalue weighted by molar-refractivity contribution is 9.11. The molecule has 0 radical (unpaired) electrons. The van der Waals surface area contributed by atoms with Crippen molar-refractivity contribution >= 4 is 54.1 Å². The van der Waals surface area contributed by atoms with Crippen LogP contribution in [0, 0.1) is 0 Å². The summed E-state index contributed by atoms with van der Waals surface area (Å²) in [4.78, 5) is 9.18. The molecule has 0 saturated carbocycles. The van der Waals surface area contributed by atoms with Crippen molar-refractivity contribution in [2.45, 2.75) is 17.6 Å². The topological polar surface area (TPSA) is 75.8 Å². The van der Waals surface area contributed by atoms with Gasteiger partial charge in [0.05, 0.1) is 16.2 Å². The Bertz CT molecular complexity index is 1250. The third-order valence-corrected chi connectivity index (χ3v) is 7.60. The van der Waals surface area contributed by atoms with Gasteiger partial charge in [-0.05, 0) is 69.3 Å². The minimum Gasteiger partial charge on any atom is -0.256 e. The number of aromatic nitrogens is 3. The summed E-state index contributed by atoms with van der Waals surface area (Å²) in [5.41, 5.74) is 2.48. The first-order chi connectivity index (χ1) is 13.5. The highest BCUT2D eigenvalue weighted by Gasteiger charge is 2.25. The van der Waals surface area contributed by atoms with Crippen molar-refractivity contribution in [3.8, 4) is 5.82 Å². The Hall–Kier alpha value is -2.36. The fourth-order valence-electron chi connectivity index (χ4n) is 2.69. The van der Waals surface area contributed by atoms with Crippen LogP contribution in [-0.2, 0) is 16.4 Å².